The van der Waals surface area contributed by atoms with Crippen molar-refractivity contribution in [1.29, 1.82) is 0 Å². The minimum atomic E-state index is -0.493. The Bertz CT molecular complexity index is 1140. The number of rotatable bonds is 6. The van der Waals surface area contributed by atoms with Gasteiger partial charge in [-0.3, -0.25) is 0 Å². The van der Waals surface area contributed by atoms with Crippen molar-refractivity contribution < 1.29 is 19.1 Å². The molecule has 162 valence electrons. The number of nitrogens with two attached hydrogens (primary N) is 1. The first-order chi connectivity index (χ1) is 15.6. The summed E-state index contributed by atoms with van der Waals surface area (Å²) in [7, 11) is 1.31. The lowest BCUT2D eigenvalue weighted by atomic mass is 9.98. The third kappa shape index (κ3) is 4.21. The lowest BCUT2D eigenvalue weighted by Gasteiger charge is -2.14. The molecule has 3 N–H and O–H groups in total. The second-order valence-corrected chi connectivity index (χ2v) is 7.41. The monoisotopic (exact) mass is 428 g/mol. The number of esters is 1. The number of benzene rings is 3. The summed E-state index contributed by atoms with van der Waals surface area (Å²) in [5.41, 5.74) is 12.0. The van der Waals surface area contributed by atoms with Gasteiger partial charge in [-0.2, -0.15) is 0 Å². The van der Waals surface area contributed by atoms with Gasteiger partial charge in [-0.25, -0.2) is 9.59 Å². The molecule has 0 saturated carbocycles. The number of ether oxygens (including phenoxy) is 2. The number of amides is 1. The van der Waals surface area contributed by atoms with Gasteiger partial charge in [-0.1, -0.05) is 72.8 Å². The minimum Gasteiger partial charge on any atom is -0.465 e. The molecule has 6 heteroatoms. The van der Waals surface area contributed by atoms with Crippen molar-refractivity contribution in [1.82, 2.24) is 5.32 Å². The van der Waals surface area contributed by atoms with Crippen LogP contribution in [-0.2, 0) is 9.47 Å². The topological polar surface area (TPSA) is 90.6 Å². The zero-order valence-corrected chi connectivity index (χ0v) is 17.7. The second-order valence-electron chi connectivity index (χ2n) is 7.41. The van der Waals surface area contributed by atoms with Crippen molar-refractivity contribution >= 4 is 23.8 Å². The SMILES string of the molecule is COC(=O)c1cccc(C=CCNC(=O)OCC2c3ccccc3-c3ccccc32)c1N. The molecule has 0 aliphatic heterocycles. The van der Waals surface area contributed by atoms with Crippen molar-refractivity contribution in [2.75, 3.05) is 26.0 Å². The van der Waals surface area contributed by atoms with Gasteiger partial charge in [0.05, 0.1) is 18.4 Å². The zero-order valence-electron chi connectivity index (χ0n) is 17.7. The summed E-state index contributed by atoms with van der Waals surface area (Å²) in [4.78, 5) is 24.0. The molecule has 0 radical (unpaired) electrons. The molecule has 3 aromatic carbocycles. The fourth-order valence-corrected chi connectivity index (χ4v) is 3.99. The predicted octanol–water partition coefficient (Wildman–Crippen LogP) is 4.61. The zero-order chi connectivity index (χ0) is 22.5. The van der Waals surface area contributed by atoms with Gasteiger partial charge in [0, 0.05) is 12.5 Å². The number of carbonyl (C=O) groups is 2. The molecule has 0 heterocycles. The van der Waals surface area contributed by atoms with Gasteiger partial charge in [-0.15, -0.1) is 0 Å². The van der Waals surface area contributed by atoms with Crippen molar-refractivity contribution in [2.24, 2.45) is 0 Å². The maximum absolute atomic E-state index is 12.2. The van der Waals surface area contributed by atoms with E-state index in [1.807, 2.05) is 24.3 Å². The predicted molar refractivity (Wildman–Crippen MR) is 124 cm³/mol. The normalized spacial score (nSPS) is 12.3. The number of fused-ring (bicyclic) bond motifs is 3. The highest BCUT2D eigenvalue weighted by Gasteiger charge is 2.28. The van der Waals surface area contributed by atoms with Gasteiger partial charge in [-0.05, 0) is 33.9 Å². The Labute approximate surface area is 186 Å². The number of carbonyl (C=O) groups excluding carboxylic acids is 2. The third-order valence-electron chi connectivity index (χ3n) is 5.55. The molecule has 0 saturated heterocycles. The molecule has 32 heavy (non-hydrogen) atoms. The highest BCUT2D eigenvalue weighted by atomic mass is 16.5. The standard InChI is InChI=1S/C26H24N2O4/c1-31-25(29)22-14-6-8-17(24(22)27)9-7-15-28-26(30)32-16-23-20-12-4-2-10-18(20)19-11-3-5-13-21(19)23/h2-14,23H,15-16,27H2,1H3,(H,28,30). The Morgan fingerprint density at radius 1 is 0.969 bits per heavy atom. The quantitative estimate of drug-likeness (QED) is 0.442. The van der Waals surface area contributed by atoms with E-state index in [0.717, 1.165) is 0 Å². The first kappa shape index (κ1) is 21.2. The summed E-state index contributed by atoms with van der Waals surface area (Å²) in [5.74, 6) is -0.473. The van der Waals surface area contributed by atoms with Crippen molar-refractivity contribution in [3.63, 3.8) is 0 Å². The number of nitrogens with one attached hydrogen (secondary N) is 1. The van der Waals surface area contributed by atoms with Gasteiger partial charge in [0.15, 0.2) is 0 Å². The van der Waals surface area contributed by atoms with E-state index in [1.165, 1.54) is 29.4 Å². The maximum Gasteiger partial charge on any atom is 0.407 e. The van der Waals surface area contributed by atoms with Gasteiger partial charge in [0.2, 0.25) is 0 Å². The smallest absolute Gasteiger partial charge is 0.407 e. The number of para-hydroxylation sites is 1. The van der Waals surface area contributed by atoms with Gasteiger partial charge in [0.1, 0.15) is 6.61 Å². The van der Waals surface area contributed by atoms with Crippen LogP contribution in [0.5, 0.6) is 0 Å². The molecule has 0 unspecified atom stereocenters. The molecule has 3 aromatic rings. The van der Waals surface area contributed by atoms with Crippen LogP contribution in [0.4, 0.5) is 10.5 Å². The van der Waals surface area contributed by atoms with Crippen LogP contribution in [0.25, 0.3) is 17.2 Å². The molecule has 0 bridgehead atoms. The molecule has 1 aliphatic rings. The summed E-state index contributed by atoms with van der Waals surface area (Å²) >= 11 is 0. The highest BCUT2D eigenvalue weighted by Crippen LogP contribution is 2.44. The van der Waals surface area contributed by atoms with Crippen molar-refractivity contribution in [3.8, 4) is 11.1 Å². The van der Waals surface area contributed by atoms with Crippen LogP contribution in [0.2, 0.25) is 0 Å². The molecule has 6 nitrogen and oxygen atoms in total. The van der Waals surface area contributed by atoms with Crippen LogP contribution in [0, 0.1) is 0 Å². The average molecular weight is 428 g/mol. The number of nitrogen functional groups attached to an aromatic ring is 1. The number of alkyl carbamates (subject to hydrolysis) is 1. The van der Waals surface area contributed by atoms with E-state index in [9.17, 15) is 9.59 Å². The highest BCUT2D eigenvalue weighted by molar-refractivity contribution is 5.97. The molecular weight excluding hydrogens is 404 g/mol. The minimum absolute atomic E-state index is 0.0181. The summed E-state index contributed by atoms with van der Waals surface area (Å²) in [5, 5.41) is 2.71. The number of hydrogen-bond acceptors (Lipinski definition) is 5. The third-order valence-corrected chi connectivity index (χ3v) is 5.55. The number of anilines is 1. The molecular formula is C26H24N2O4. The lowest BCUT2D eigenvalue weighted by Crippen LogP contribution is -2.26. The van der Waals surface area contributed by atoms with Crippen molar-refractivity contribution in [2.45, 2.75) is 5.92 Å². The van der Waals surface area contributed by atoms with E-state index in [0.29, 0.717) is 16.8 Å². The van der Waals surface area contributed by atoms with Crippen molar-refractivity contribution in [3.05, 3.63) is 95.1 Å². The molecule has 0 fully saturated rings. The average Bonchev–Trinajstić information content (AvgIpc) is 3.14. The van der Waals surface area contributed by atoms with Crippen LogP contribution < -0.4 is 11.1 Å². The summed E-state index contributed by atoms with van der Waals surface area (Å²) in [6, 6.07) is 21.5. The van der Waals surface area contributed by atoms with Gasteiger partial charge >= 0.3 is 12.1 Å². The van der Waals surface area contributed by atoms with Crippen LogP contribution in [0.1, 0.15) is 33.0 Å². The van der Waals surface area contributed by atoms with E-state index in [-0.39, 0.29) is 19.1 Å². The first-order valence-corrected chi connectivity index (χ1v) is 10.3. The Hall–Kier alpha value is -4.06. The maximum atomic E-state index is 12.2. The van der Waals surface area contributed by atoms with E-state index in [4.69, 9.17) is 15.2 Å². The van der Waals surface area contributed by atoms with E-state index in [2.05, 4.69) is 29.6 Å². The Kier molecular flexibility index (Phi) is 6.22. The van der Waals surface area contributed by atoms with Crippen LogP contribution in [-0.4, -0.2) is 32.3 Å². The van der Waals surface area contributed by atoms with E-state index < -0.39 is 12.1 Å². The summed E-state index contributed by atoms with van der Waals surface area (Å²) in [6.45, 7) is 0.524. The Morgan fingerprint density at radius 3 is 2.28 bits per heavy atom. The Balaban J connectivity index is 1.34. The summed E-state index contributed by atoms with van der Waals surface area (Å²) < 4.78 is 10.2. The van der Waals surface area contributed by atoms with E-state index in [1.54, 1.807) is 30.4 Å². The van der Waals surface area contributed by atoms with Crippen LogP contribution >= 0.6 is 0 Å². The van der Waals surface area contributed by atoms with E-state index >= 15 is 0 Å². The van der Waals surface area contributed by atoms with Crippen LogP contribution in [0.3, 0.4) is 0 Å². The molecule has 0 spiro atoms. The largest absolute Gasteiger partial charge is 0.465 e. The fourth-order valence-electron chi connectivity index (χ4n) is 3.99. The molecule has 0 atom stereocenters. The molecule has 0 aromatic heterocycles. The van der Waals surface area contributed by atoms with Crippen LogP contribution in [0.15, 0.2) is 72.8 Å². The van der Waals surface area contributed by atoms with Gasteiger partial charge in [0.25, 0.3) is 0 Å². The summed E-state index contributed by atoms with van der Waals surface area (Å²) in [6.07, 6.45) is 2.99. The molecule has 4 rings (SSSR count). The second kappa shape index (κ2) is 9.39. The molecule has 1 aliphatic carbocycles. The Morgan fingerprint density at radius 2 is 1.62 bits per heavy atom. The lowest BCUT2D eigenvalue weighted by molar-refractivity contribution is 0.0602. The molecule has 1 amide bonds. The number of methoxy groups -OCH3 is 1. The first-order valence-electron chi connectivity index (χ1n) is 10.3. The fraction of sp³-hybridized carbons (Fsp3) is 0.154. The number of hydrogen-bond donors (Lipinski definition) is 2. The van der Waals surface area contributed by atoms with Gasteiger partial charge < -0.3 is 20.5 Å².